The first kappa shape index (κ1) is 24.4. The van der Waals surface area contributed by atoms with Crippen molar-refractivity contribution >= 4 is 23.4 Å². The minimum atomic E-state index is -0.948. The third-order valence-electron chi connectivity index (χ3n) is 6.51. The van der Waals surface area contributed by atoms with Gasteiger partial charge in [-0.25, -0.2) is 8.78 Å². The van der Waals surface area contributed by atoms with Gasteiger partial charge >= 0.3 is 0 Å². The van der Waals surface area contributed by atoms with Crippen molar-refractivity contribution in [2.75, 3.05) is 13.1 Å². The smallest absolute Gasteiger partial charge is 0.245 e. The van der Waals surface area contributed by atoms with Gasteiger partial charge in [-0.05, 0) is 47.4 Å². The summed E-state index contributed by atoms with van der Waals surface area (Å²) in [6.07, 6.45) is 2.79. The van der Waals surface area contributed by atoms with E-state index >= 15 is 0 Å². The number of amides is 2. The molecule has 0 bridgehead atoms. The fourth-order valence-corrected chi connectivity index (χ4v) is 4.78. The molecule has 3 rings (SSSR count). The highest BCUT2D eigenvalue weighted by Gasteiger charge is 2.41. The van der Waals surface area contributed by atoms with E-state index in [4.69, 9.17) is 11.6 Å². The first-order chi connectivity index (χ1) is 15.0. The van der Waals surface area contributed by atoms with Crippen LogP contribution in [0.1, 0.15) is 52.0 Å². The Morgan fingerprint density at radius 1 is 1.19 bits per heavy atom. The summed E-state index contributed by atoms with van der Waals surface area (Å²) in [4.78, 5) is 27.9. The van der Waals surface area contributed by atoms with E-state index in [0.717, 1.165) is 12.5 Å². The summed E-state index contributed by atoms with van der Waals surface area (Å²) in [7, 11) is 0. The zero-order valence-electron chi connectivity index (χ0n) is 19.0. The van der Waals surface area contributed by atoms with Crippen LogP contribution in [0.3, 0.4) is 0 Å². The van der Waals surface area contributed by atoms with Gasteiger partial charge in [-0.2, -0.15) is 0 Å². The lowest BCUT2D eigenvalue weighted by Gasteiger charge is -2.46. The summed E-state index contributed by atoms with van der Waals surface area (Å²) in [5.41, 5.74) is 1.04. The van der Waals surface area contributed by atoms with Gasteiger partial charge in [-0.1, -0.05) is 57.5 Å². The van der Waals surface area contributed by atoms with Gasteiger partial charge in [0.05, 0.1) is 5.92 Å². The molecular formula is C25H31ClF2N2O2. The molecule has 4 nitrogen and oxygen atoms in total. The van der Waals surface area contributed by atoms with E-state index in [0.29, 0.717) is 18.1 Å². The lowest BCUT2D eigenvalue weighted by Crippen LogP contribution is -2.56. The second kappa shape index (κ2) is 9.74. The molecule has 32 heavy (non-hydrogen) atoms. The number of piperidine rings is 1. The Morgan fingerprint density at radius 2 is 1.84 bits per heavy atom. The van der Waals surface area contributed by atoms with Gasteiger partial charge < -0.3 is 10.2 Å². The topological polar surface area (TPSA) is 49.4 Å². The van der Waals surface area contributed by atoms with Crippen molar-refractivity contribution in [1.82, 2.24) is 10.2 Å². The number of carbonyl (C=O) groups excluding carboxylic acids is 2. The maximum absolute atomic E-state index is 13.6. The number of hydrogen-bond donors (Lipinski definition) is 1. The molecule has 1 aromatic carbocycles. The fraction of sp³-hybridized carbons (Fsp3) is 0.520. The van der Waals surface area contributed by atoms with Crippen LogP contribution in [0.4, 0.5) is 8.78 Å². The number of hydrogen-bond acceptors (Lipinski definition) is 2. The third-order valence-corrected chi connectivity index (χ3v) is 6.77. The van der Waals surface area contributed by atoms with Crippen LogP contribution in [0.5, 0.6) is 0 Å². The van der Waals surface area contributed by atoms with Gasteiger partial charge in [0.25, 0.3) is 0 Å². The highest BCUT2D eigenvalue weighted by Crippen LogP contribution is 2.42. The Hall–Kier alpha value is -2.21. The molecule has 1 unspecified atom stereocenters. The molecule has 0 saturated carbocycles. The van der Waals surface area contributed by atoms with Crippen molar-refractivity contribution in [3.8, 4) is 0 Å². The highest BCUT2D eigenvalue weighted by molar-refractivity contribution is 6.30. The normalized spacial score (nSPS) is 23.9. The van der Waals surface area contributed by atoms with Crippen molar-refractivity contribution in [3.05, 3.63) is 58.7 Å². The SMILES string of the molecule is CC(C)[C@@H](NC(=O)C1C=CC(F)=C(F)C1)C(=O)N1CC[C@H](c2ccc(Cl)cc2)C(C)(C)C1. The van der Waals surface area contributed by atoms with Gasteiger partial charge in [-0.3, -0.25) is 9.59 Å². The standard InChI is InChI=1S/C25H31ClF2N2O2/c1-15(2)22(29-23(31)17-7-10-20(27)21(28)13-17)24(32)30-12-11-19(25(3,4)14-30)16-5-8-18(26)9-6-16/h5-10,15,17,19,22H,11-14H2,1-4H3,(H,29,31)/t17?,19-,22-/m1/s1. The van der Waals surface area contributed by atoms with E-state index in [1.807, 2.05) is 43.0 Å². The summed E-state index contributed by atoms with van der Waals surface area (Å²) in [5, 5.41) is 3.48. The number of carbonyl (C=O) groups is 2. The molecule has 1 aromatic rings. The molecule has 1 aliphatic heterocycles. The number of benzene rings is 1. The number of nitrogens with one attached hydrogen (secondary N) is 1. The van der Waals surface area contributed by atoms with Crippen LogP contribution in [-0.4, -0.2) is 35.8 Å². The van der Waals surface area contributed by atoms with E-state index in [-0.39, 0.29) is 29.6 Å². The number of allylic oxidation sites excluding steroid dienone is 3. The van der Waals surface area contributed by atoms with Crippen LogP contribution in [0.25, 0.3) is 0 Å². The molecule has 1 saturated heterocycles. The average Bonchev–Trinajstić information content (AvgIpc) is 2.73. The molecule has 1 N–H and O–H groups in total. The predicted octanol–water partition coefficient (Wildman–Crippen LogP) is 5.55. The molecule has 2 amide bonds. The average molecular weight is 465 g/mol. The van der Waals surface area contributed by atoms with Crippen LogP contribution < -0.4 is 5.32 Å². The van der Waals surface area contributed by atoms with E-state index in [1.165, 1.54) is 11.6 Å². The summed E-state index contributed by atoms with van der Waals surface area (Å²) in [5.74, 6) is -3.18. The molecule has 174 valence electrons. The largest absolute Gasteiger partial charge is 0.344 e. The van der Waals surface area contributed by atoms with Crippen LogP contribution in [-0.2, 0) is 9.59 Å². The minimum Gasteiger partial charge on any atom is -0.344 e. The van der Waals surface area contributed by atoms with Crippen LogP contribution >= 0.6 is 11.6 Å². The number of nitrogens with zero attached hydrogens (tertiary/aromatic N) is 1. The van der Waals surface area contributed by atoms with Crippen molar-refractivity contribution in [3.63, 3.8) is 0 Å². The Labute approximate surface area is 193 Å². The van der Waals surface area contributed by atoms with E-state index in [2.05, 4.69) is 19.2 Å². The van der Waals surface area contributed by atoms with E-state index in [9.17, 15) is 18.4 Å². The predicted molar refractivity (Wildman–Crippen MR) is 122 cm³/mol. The van der Waals surface area contributed by atoms with Crippen molar-refractivity contribution in [2.45, 2.75) is 52.5 Å². The maximum Gasteiger partial charge on any atom is 0.245 e. The summed E-state index contributed by atoms with van der Waals surface area (Å²) >= 11 is 6.03. The number of likely N-dealkylation sites (tertiary alicyclic amines) is 1. The lowest BCUT2D eigenvalue weighted by molar-refractivity contribution is -0.141. The Kier molecular flexibility index (Phi) is 7.43. The van der Waals surface area contributed by atoms with Gasteiger partial charge in [-0.15, -0.1) is 0 Å². The van der Waals surface area contributed by atoms with Crippen LogP contribution in [0.15, 0.2) is 48.1 Å². The minimum absolute atomic E-state index is 0.141. The number of rotatable bonds is 5. The van der Waals surface area contributed by atoms with Crippen LogP contribution in [0, 0.1) is 17.3 Å². The molecule has 0 radical (unpaired) electrons. The summed E-state index contributed by atoms with van der Waals surface area (Å²) in [6, 6.07) is 7.13. The molecule has 0 aromatic heterocycles. The monoisotopic (exact) mass is 464 g/mol. The molecule has 2 aliphatic rings. The fourth-order valence-electron chi connectivity index (χ4n) is 4.66. The summed E-state index contributed by atoms with van der Waals surface area (Å²) in [6.45, 7) is 9.16. The van der Waals surface area contributed by atoms with Crippen molar-refractivity contribution in [1.29, 1.82) is 0 Å². The second-order valence-electron chi connectivity index (χ2n) is 9.79. The Morgan fingerprint density at radius 3 is 2.41 bits per heavy atom. The quantitative estimate of drug-likeness (QED) is 0.621. The molecular weight excluding hydrogens is 434 g/mol. The van der Waals surface area contributed by atoms with Crippen molar-refractivity contribution < 1.29 is 18.4 Å². The van der Waals surface area contributed by atoms with Gasteiger partial charge in [0, 0.05) is 24.5 Å². The van der Waals surface area contributed by atoms with Crippen LogP contribution in [0.2, 0.25) is 5.02 Å². The zero-order chi connectivity index (χ0) is 23.6. The molecule has 1 aliphatic carbocycles. The number of halogens is 3. The molecule has 0 spiro atoms. The highest BCUT2D eigenvalue weighted by atomic mass is 35.5. The van der Waals surface area contributed by atoms with Gasteiger partial charge in [0.2, 0.25) is 11.8 Å². The zero-order valence-corrected chi connectivity index (χ0v) is 19.8. The first-order valence-corrected chi connectivity index (χ1v) is 11.4. The lowest BCUT2D eigenvalue weighted by atomic mass is 9.70. The molecule has 1 fully saturated rings. The van der Waals surface area contributed by atoms with E-state index in [1.54, 1.807) is 0 Å². The Balaban J connectivity index is 1.68. The third kappa shape index (κ3) is 5.40. The summed E-state index contributed by atoms with van der Waals surface area (Å²) < 4.78 is 26.8. The molecule has 3 atom stereocenters. The second-order valence-corrected chi connectivity index (χ2v) is 10.2. The Bertz CT molecular complexity index is 924. The maximum atomic E-state index is 13.6. The van der Waals surface area contributed by atoms with Gasteiger partial charge in [0.1, 0.15) is 11.9 Å². The van der Waals surface area contributed by atoms with Gasteiger partial charge in [0.15, 0.2) is 5.83 Å². The molecule has 1 heterocycles. The molecule has 7 heteroatoms. The van der Waals surface area contributed by atoms with Crippen molar-refractivity contribution in [2.24, 2.45) is 17.3 Å². The first-order valence-electron chi connectivity index (χ1n) is 11.1. The van der Waals surface area contributed by atoms with E-state index < -0.39 is 29.5 Å².